The quantitative estimate of drug-likeness (QED) is 0.932. The van der Waals surface area contributed by atoms with Gasteiger partial charge in [-0.1, -0.05) is 19.8 Å². The van der Waals surface area contributed by atoms with Crippen molar-refractivity contribution in [1.82, 2.24) is 9.88 Å². The Balaban J connectivity index is 2.06. The van der Waals surface area contributed by atoms with Crippen LogP contribution >= 0.6 is 0 Å². The lowest BCUT2D eigenvalue weighted by atomic mass is 9.86. The minimum Gasteiger partial charge on any atom is -0.352 e. The van der Waals surface area contributed by atoms with Crippen LogP contribution in [0.5, 0.6) is 0 Å². The summed E-state index contributed by atoms with van der Waals surface area (Å²) in [5.74, 6) is -0.0869. The van der Waals surface area contributed by atoms with Crippen LogP contribution in [-0.4, -0.2) is 16.5 Å². The predicted octanol–water partition coefficient (Wildman–Crippen LogP) is 2.56. The molecule has 1 N–H and O–H groups in total. The van der Waals surface area contributed by atoms with E-state index in [0.29, 0.717) is 12.1 Å². The first kappa shape index (κ1) is 16.6. The van der Waals surface area contributed by atoms with Crippen molar-refractivity contribution < 1.29 is 18.0 Å². The van der Waals surface area contributed by atoms with Gasteiger partial charge in [0.25, 0.3) is 5.56 Å². The Hall–Kier alpha value is -1.79. The zero-order chi connectivity index (χ0) is 16.3. The van der Waals surface area contributed by atoms with Gasteiger partial charge < -0.3 is 9.88 Å². The number of halogens is 3. The monoisotopic (exact) mass is 316 g/mol. The molecule has 0 aromatic carbocycles. The molecule has 0 unspecified atom stereocenters. The second kappa shape index (κ2) is 6.54. The third-order valence-electron chi connectivity index (χ3n) is 4.08. The first-order valence-electron chi connectivity index (χ1n) is 7.34. The van der Waals surface area contributed by atoms with Crippen molar-refractivity contribution in [3.05, 3.63) is 34.2 Å². The van der Waals surface area contributed by atoms with Gasteiger partial charge in [-0.25, -0.2) is 0 Å². The molecule has 1 aromatic heterocycles. The van der Waals surface area contributed by atoms with Crippen molar-refractivity contribution in [2.45, 2.75) is 51.4 Å². The van der Waals surface area contributed by atoms with Crippen LogP contribution in [0.1, 0.15) is 38.2 Å². The number of carbonyl (C=O) groups is 1. The third kappa shape index (κ3) is 4.11. The number of aromatic nitrogens is 1. The Morgan fingerprint density at radius 1 is 1.32 bits per heavy atom. The topological polar surface area (TPSA) is 51.1 Å². The van der Waals surface area contributed by atoms with E-state index in [2.05, 4.69) is 5.32 Å². The SMILES string of the molecule is C[C@@H]1CCCC[C@H]1NC(=O)Cn1cc(C(F)(F)F)ccc1=O. The summed E-state index contributed by atoms with van der Waals surface area (Å²) in [6.07, 6.45) is 0.189. The molecular weight excluding hydrogens is 297 g/mol. The van der Waals surface area contributed by atoms with Crippen LogP contribution in [0.25, 0.3) is 0 Å². The molecule has 1 amide bonds. The van der Waals surface area contributed by atoms with Crippen LogP contribution in [-0.2, 0) is 17.5 Å². The van der Waals surface area contributed by atoms with E-state index in [1.165, 1.54) is 0 Å². The van der Waals surface area contributed by atoms with Gasteiger partial charge in [0.05, 0.1) is 5.56 Å². The van der Waals surface area contributed by atoms with Gasteiger partial charge in [0.15, 0.2) is 0 Å². The van der Waals surface area contributed by atoms with E-state index in [-0.39, 0.29) is 6.04 Å². The van der Waals surface area contributed by atoms with Crippen LogP contribution in [0.2, 0.25) is 0 Å². The molecule has 1 aliphatic rings. The molecule has 122 valence electrons. The standard InChI is InChI=1S/C15H19F3N2O2/c1-10-4-2-3-5-12(10)19-13(21)9-20-8-11(15(16,17)18)6-7-14(20)22/h6-8,10,12H,2-5,9H2,1H3,(H,19,21)/t10-,12-/m1/s1. The molecule has 1 fully saturated rings. The molecule has 2 rings (SSSR count). The fourth-order valence-corrected chi connectivity index (χ4v) is 2.76. The Labute approximate surface area is 126 Å². The van der Waals surface area contributed by atoms with E-state index in [9.17, 15) is 22.8 Å². The number of nitrogens with zero attached hydrogens (tertiary/aromatic N) is 1. The van der Waals surface area contributed by atoms with Gasteiger partial charge in [-0.15, -0.1) is 0 Å². The van der Waals surface area contributed by atoms with Gasteiger partial charge in [0.1, 0.15) is 6.54 Å². The highest BCUT2D eigenvalue weighted by Gasteiger charge is 2.31. The second-order valence-corrected chi connectivity index (χ2v) is 5.82. The fraction of sp³-hybridized carbons (Fsp3) is 0.600. The number of hydrogen-bond acceptors (Lipinski definition) is 2. The summed E-state index contributed by atoms with van der Waals surface area (Å²) < 4.78 is 38.7. The van der Waals surface area contributed by atoms with Gasteiger partial charge >= 0.3 is 6.18 Å². The number of hydrogen-bond donors (Lipinski definition) is 1. The molecule has 0 saturated heterocycles. The molecule has 1 aromatic rings. The van der Waals surface area contributed by atoms with Crippen LogP contribution in [0.15, 0.2) is 23.1 Å². The maximum Gasteiger partial charge on any atom is 0.417 e. The Morgan fingerprint density at radius 2 is 2.00 bits per heavy atom. The van der Waals surface area contributed by atoms with Crippen molar-refractivity contribution in [3.8, 4) is 0 Å². The average Bonchev–Trinajstić information content (AvgIpc) is 2.42. The maximum atomic E-state index is 12.6. The van der Waals surface area contributed by atoms with Crippen molar-refractivity contribution in [2.75, 3.05) is 0 Å². The van der Waals surface area contributed by atoms with Crippen molar-refractivity contribution in [1.29, 1.82) is 0 Å². The smallest absolute Gasteiger partial charge is 0.352 e. The van der Waals surface area contributed by atoms with E-state index in [1.807, 2.05) is 6.92 Å². The summed E-state index contributed by atoms with van der Waals surface area (Å²) in [7, 11) is 0. The highest BCUT2D eigenvalue weighted by Crippen LogP contribution is 2.28. The molecular formula is C15H19F3N2O2. The molecule has 1 heterocycles. The molecule has 7 heteroatoms. The zero-order valence-corrected chi connectivity index (χ0v) is 12.3. The van der Waals surface area contributed by atoms with Crippen LogP contribution in [0.4, 0.5) is 13.2 Å². The molecule has 2 atom stereocenters. The predicted molar refractivity (Wildman–Crippen MR) is 75.3 cm³/mol. The molecule has 0 radical (unpaired) electrons. The number of alkyl halides is 3. The number of rotatable bonds is 3. The Bertz CT molecular complexity index is 595. The van der Waals surface area contributed by atoms with Gasteiger partial charge in [-0.05, 0) is 24.8 Å². The molecule has 1 saturated carbocycles. The summed E-state index contributed by atoms with van der Waals surface area (Å²) in [5, 5.41) is 2.82. The van der Waals surface area contributed by atoms with Crippen molar-refractivity contribution in [2.24, 2.45) is 5.92 Å². The first-order valence-corrected chi connectivity index (χ1v) is 7.34. The van der Waals surface area contributed by atoms with E-state index >= 15 is 0 Å². The minimum absolute atomic E-state index is 0.0303. The minimum atomic E-state index is -4.54. The largest absolute Gasteiger partial charge is 0.417 e. The molecule has 0 spiro atoms. The highest BCUT2D eigenvalue weighted by molar-refractivity contribution is 5.76. The number of nitrogens with one attached hydrogen (secondary N) is 1. The van der Waals surface area contributed by atoms with E-state index in [0.717, 1.165) is 42.4 Å². The van der Waals surface area contributed by atoms with E-state index in [1.54, 1.807) is 0 Å². The zero-order valence-electron chi connectivity index (χ0n) is 12.3. The van der Waals surface area contributed by atoms with Crippen molar-refractivity contribution in [3.63, 3.8) is 0 Å². The van der Waals surface area contributed by atoms with Crippen LogP contribution in [0, 0.1) is 5.92 Å². The lowest BCUT2D eigenvalue weighted by Gasteiger charge is -2.29. The molecule has 0 aliphatic heterocycles. The summed E-state index contributed by atoms with van der Waals surface area (Å²) in [6, 6.07) is 1.59. The number of amides is 1. The fourth-order valence-electron chi connectivity index (χ4n) is 2.76. The summed E-state index contributed by atoms with van der Waals surface area (Å²) in [6.45, 7) is 1.65. The van der Waals surface area contributed by atoms with Gasteiger partial charge in [-0.2, -0.15) is 13.2 Å². The molecule has 1 aliphatic carbocycles. The lowest BCUT2D eigenvalue weighted by molar-refractivity contribution is -0.138. The Morgan fingerprint density at radius 3 is 2.64 bits per heavy atom. The van der Waals surface area contributed by atoms with Gasteiger partial charge in [0.2, 0.25) is 5.91 Å². The van der Waals surface area contributed by atoms with E-state index < -0.39 is 29.8 Å². The van der Waals surface area contributed by atoms with Crippen molar-refractivity contribution >= 4 is 5.91 Å². The first-order chi connectivity index (χ1) is 10.3. The summed E-state index contributed by atoms with van der Waals surface area (Å²) in [5.41, 5.74) is -1.56. The average molecular weight is 316 g/mol. The second-order valence-electron chi connectivity index (χ2n) is 5.82. The molecule has 22 heavy (non-hydrogen) atoms. The lowest BCUT2D eigenvalue weighted by Crippen LogP contribution is -2.43. The highest BCUT2D eigenvalue weighted by atomic mass is 19.4. The Kier molecular flexibility index (Phi) is 4.93. The van der Waals surface area contributed by atoms with Crippen LogP contribution in [0.3, 0.4) is 0 Å². The maximum absolute atomic E-state index is 12.6. The normalized spacial score (nSPS) is 22.4. The number of pyridine rings is 1. The summed E-state index contributed by atoms with van der Waals surface area (Å²) in [4.78, 5) is 23.6. The molecule has 0 bridgehead atoms. The van der Waals surface area contributed by atoms with Gasteiger partial charge in [0, 0.05) is 18.3 Å². The van der Waals surface area contributed by atoms with Gasteiger partial charge in [-0.3, -0.25) is 9.59 Å². The third-order valence-corrected chi connectivity index (χ3v) is 4.08. The van der Waals surface area contributed by atoms with E-state index in [4.69, 9.17) is 0 Å². The van der Waals surface area contributed by atoms with Crippen LogP contribution < -0.4 is 10.9 Å². The number of carbonyl (C=O) groups excluding carboxylic acids is 1. The molecule has 4 nitrogen and oxygen atoms in total. The summed E-state index contributed by atoms with van der Waals surface area (Å²) >= 11 is 0.